The second-order valence-electron chi connectivity index (χ2n) is 7.44. The van der Waals surface area contributed by atoms with E-state index in [1.54, 1.807) is 14.1 Å². The van der Waals surface area contributed by atoms with E-state index in [1.165, 1.54) is 28.4 Å². The number of likely N-dealkylation sites (tertiary alicyclic amines) is 1. The summed E-state index contributed by atoms with van der Waals surface area (Å²) in [6, 6.07) is 0.579. The molecule has 2 aromatic heterocycles. The lowest BCUT2D eigenvalue weighted by Crippen LogP contribution is -2.39. The van der Waals surface area contributed by atoms with Crippen molar-refractivity contribution >= 4 is 11.2 Å². The smallest absolute Gasteiger partial charge is 0.321 e. The van der Waals surface area contributed by atoms with Crippen LogP contribution in [0, 0.1) is 0 Å². The molecule has 0 aromatic carbocycles. The molecule has 0 amide bonds. The van der Waals surface area contributed by atoms with Crippen molar-refractivity contribution < 1.29 is 0 Å². The summed E-state index contributed by atoms with van der Waals surface area (Å²) in [7, 11) is 3.24. The second-order valence-corrected chi connectivity index (χ2v) is 7.44. The van der Waals surface area contributed by atoms with E-state index in [0.29, 0.717) is 17.2 Å². The molecule has 0 bridgehead atoms. The Bertz CT molecular complexity index is 892. The van der Waals surface area contributed by atoms with E-state index >= 15 is 0 Å². The zero-order valence-electron chi connectivity index (χ0n) is 16.5. The number of unbranched alkanes of at least 4 members (excludes halogenated alkanes) is 1. The second kappa shape index (κ2) is 7.78. The minimum atomic E-state index is -0.321. The molecular weight excluding hydrogens is 330 g/mol. The van der Waals surface area contributed by atoms with Gasteiger partial charge in [-0.05, 0) is 32.2 Å². The molecule has 3 rings (SSSR count). The molecule has 0 aliphatic carbocycles. The molecule has 1 aliphatic heterocycles. The van der Waals surface area contributed by atoms with Gasteiger partial charge in [0.25, 0.3) is 5.56 Å². The molecule has 2 aromatic rings. The van der Waals surface area contributed by atoms with Crippen LogP contribution in [0.3, 0.4) is 0 Å². The van der Waals surface area contributed by atoms with Gasteiger partial charge in [-0.3, -0.25) is 18.8 Å². The highest BCUT2D eigenvalue weighted by Gasteiger charge is 2.25. The Kier molecular flexibility index (Phi) is 5.65. The maximum Gasteiger partial charge on any atom is 0.332 e. The van der Waals surface area contributed by atoms with Crippen LogP contribution in [0.25, 0.3) is 11.2 Å². The molecule has 1 saturated heterocycles. The van der Waals surface area contributed by atoms with Crippen molar-refractivity contribution in [2.45, 2.75) is 71.5 Å². The van der Waals surface area contributed by atoms with Crippen molar-refractivity contribution in [3.8, 4) is 0 Å². The summed E-state index contributed by atoms with van der Waals surface area (Å²) in [5, 5.41) is 0. The Morgan fingerprint density at radius 1 is 1.12 bits per heavy atom. The first-order valence-electron chi connectivity index (χ1n) is 9.88. The molecule has 26 heavy (non-hydrogen) atoms. The van der Waals surface area contributed by atoms with Gasteiger partial charge in [0.1, 0.15) is 5.82 Å². The predicted octanol–water partition coefficient (Wildman–Crippen LogP) is 2.00. The van der Waals surface area contributed by atoms with Crippen molar-refractivity contribution in [2.75, 3.05) is 6.54 Å². The number of imidazole rings is 1. The van der Waals surface area contributed by atoms with E-state index < -0.39 is 0 Å². The third-order valence-corrected chi connectivity index (χ3v) is 5.73. The normalized spacial score (nSPS) is 18.7. The summed E-state index contributed by atoms with van der Waals surface area (Å²) in [5.74, 6) is 0.909. The van der Waals surface area contributed by atoms with Gasteiger partial charge in [-0.15, -0.1) is 0 Å². The van der Waals surface area contributed by atoms with Crippen LogP contribution in [0.15, 0.2) is 9.59 Å². The van der Waals surface area contributed by atoms with Gasteiger partial charge in [0.15, 0.2) is 11.2 Å². The summed E-state index contributed by atoms with van der Waals surface area (Å²) in [6.45, 7) is 6.97. The highest BCUT2D eigenvalue weighted by atomic mass is 16.2. The number of nitrogens with zero attached hydrogens (tertiary/aromatic N) is 5. The van der Waals surface area contributed by atoms with Gasteiger partial charge in [0, 0.05) is 26.7 Å². The van der Waals surface area contributed by atoms with Gasteiger partial charge in [0.2, 0.25) is 0 Å². The molecule has 1 atom stereocenters. The van der Waals surface area contributed by atoms with E-state index in [0.717, 1.165) is 44.7 Å². The van der Waals surface area contributed by atoms with Gasteiger partial charge >= 0.3 is 5.69 Å². The minimum Gasteiger partial charge on any atom is -0.321 e. The third-order valence-electron chi connectivity index (χ3n) is 5.73. The number of rotatable bonds is 6. The Morgan fingerprint density at radius 3 is 2.58 bits per heavy atom. The lowest BCUT2D eigenvalue weighted by molar-refractivity contribution is 0.131. The van der Waals surface area contributed by atoms with E-state index in [-0.39, 0.29) is 11.2 Å². The first-order valence-corrected chi connectivity index (χ1v) is 9.88. The van der Waals surface area contributed by atoms with Gasteiger partial charge in [0.05, 0.1) is 6.54 Å². The van der Waals surface area contributed by atoms with Gasteiger partial charge in [-0.1, -0.05) is 26.7 Å². The van der Waals surface area contributed by atoms with Crippen molar-refractivity contribution in [3.63, 3.8) is 0 Å². The van der Waals surface area contributed by atoms with Crippen molar-refractivity contribution in [1.29, 1.82) is 0 Å². The van der Waals surface area contributed by atoms with Crippen LogP contribution in [0.2, 0.25) is 0 Å². The fraction of sp³-hybridized carbons (Fsp3) is 0.737. The zero-order chi connectivity index (χ0) is 18.8. The maximum atomic E-state index is 12.8. The topological polar surface area (TPSA) is 65.1 Å². The highest BCUT2D eigenvalue weighted by Crippen LogP contribution is 2.23. The monoisotopic (exact) mass is 361 g/mol. The fourth-order valence-corrected chi connectivity index (χ4v) is 4.08. The Labute approximate surface area is 154 Å². The first-order chi connectivity index (χ1) is 12.5. The standard InChI is InChI=1S/C19H31N5O2/c1-5-7-12-24-15(13-23-11-9-8-10-14(23)6-2)20-17-16(24)18(25)22(4)19(26)21(17)3/h14H,5-13H2,1-4H3/t14-/m0/s1. The van der Waals surface area contributed by atoms with Gasteiger partial charge in [-0.25, -0.2) is 9.78 Å². The molecule has 144 valence electrons. The number of aromatic nitrogens is 4. The largest absolute Gasteiger partial charge is 0.332 e. The van der Waals surface area contributed by atoms with Crippen LogP contribution in [0.4, 0.5) is 0 Å². The van der Waals surface area contributed by atoms with Crippen LogP contribution in [0.5, 0.6) is 0 Å². The van der Waals surface area contributed by atoms with Crippen LogP contribution >= 0.6 is 0 Å². The predicted molar refractivity (Wildman–Crippen MR) is 103 cm³/mol. The summed E-state index contributed by atoms with van der Waals surface area (Å²) in [6.07, 6.45) is 6.90. The minimum absolute atomic E-state index is 0.247. The average Bonchev–Trinajstić information content (AvgIpc) is 3.01. The van der Waals surface area contributed by atoms with Crippen molar-refractivity contribution in [2.24, 2.45) is 14.1 Å². The SMILES string of the molecule is CCCCn1c(CN2CCCC[C@@H]2CC)nc2c1c(=O)n(C)c(=O)n2C. The molecule has 1 fully saturated rings. The lowest BCUT2D eigenvalue weighted by atomic mass is 10.00. The van der Waals surface area contributed by atoms with E-state index in [1.807, 2.05) is 0 Å². The quantitative estimate of drug-likeness (QED) is 0.789. The molecule has 7 nitrogen and oxygen atoms in total. The summed E-state index contributed by atoms with van der Waals surface area (Å²) in [5.41, 5.74) is 0.500. The molecule has 1 aliphatic rings. The highest BCUT2D eigenvalue weighted by molar-refractivity contribution is 5.71. The maximum absolute atomic E-state index is 12.8. The van der Waals surface area contributed by atoms with E-state index in [2.05, 4.69) is 23.3 Å². The van der Waals surface area contributed by atoms with Crippen molar-refractivity contribution in [1.82, 2.24) is 23.6 Å². The summed E-state index contributed by atoms with van der Waals surface area (Å²) in [4.78, 5) is 32.3. The zero-order valence-corrected chi connectivity index (χ0v) is 16.5. The average molecular weight is 361 g/mol. The lowest BCUT2D eigenvalue weighted by Gasteiger charge is -2.34. The number of piperidine rings is 1. The molecular formula is C19H31N5O2. The van der Waals surface area contributed by atoms with Gasteiger partial charge < -0.3 is 4.57 Å². The summed E-state index contributed by atoms with van der Waals surface area (Å²) >= 11 is 0. The molecule has 0 N–H and O–H groups in total. The number of fused-ring (bicyclic) bond motifs is 1. The molecule has 3 heterocycles. The number of hydrogen-bond donors (Lipinski definition) is 0. The summed E-state index contributed by atoms with van der Waals surface area (Å²) < 4.78 is 4.74. The Morgan fingerprint density at radius 2 is 1.88 bits per heavy atom. The van der Waals surface area contributed by atoms with Crippen molar-refractivity contribution in [3.05, 3.63) is 26.7 Å². The molecule has 0 unspecified atom stereocenters. The van der Waals surface area contributed by atoms with E-state index in [9.17, 15) is 9.59 Å². The van der Waals surface area contributed by atoms with Gasteiger partial charge in [-0.2, -0.15) is 0 Å². The first kappa shape index (κ1) is 18.9. The van der Waals surface area contributed by atoms with E-state index in [4.69, 9.17) is 4.98 Å². The van der Waals surface area contributed by atoms with Crippen LogP contribution in [0.1, 0.15) is 58.2 Å². The number of aryl methyl sites for hydroxylation is 2. The third kappa shape index (κ3) is 3.24. The molecule has 7 heteroatoms. The number of hydrogen-bond acceptors (Lipinski definition) is 4. The van der Waals surface area contributed by atoms with Crippen LogP contribution < -0.4 is 11.2 Å². The fourth-order valence-electron chi connectivity index (χ4n) is 4.08. The molecule has 0 radical (unpaired) electrons. The Balaban J connectivity index is 2.12. The Hall–Kier alpha value is -1.89. The molecule has 0 spiro atoms. The van der Waals surface area contributed by atoms with Crippen LogP contribution in [-0.4, -0.2) is 36.2 Å². The van der Waals surface area contributed by atoms with Crippen LogP contribution in [-0.2, 0) is 27.2 Å². The molecule has 0 saturated carbocycles.